The molecule has 0 unspecified atom stereocenters. The third-order valence-electron chi connectivity index (χ3n) is 2.97. The number of carbonyl (C=O) groups excluding carboxylic acids is 1. The lowest BCUT2D eigenvalue weighted by Crippen LogP contribution is -2.27. The van der Waals surface area contributed by atoms with Crippen LogP contribution in [0.25, 0.3) is 21.0 Å². The molecule has 0 saturated carbocycles. The van der Waals surface area contributed by atoms with E-state index in [0.29, 0.717) is 13.2 Å². The van der Waals surface area contributed by atoms with Gasteiger partial charge in [-0.05, 0) is 35.7 Å². The fraction of sp³-hybridized carbons (Fsp3) is 0.250. The van der Waals surface area contributed by atoms with Gasteiger partial charge in [0.05, 0.1) is 20.3 Å². The molecule has 1 heterocycles. The summed E-state index contributed by atoms with van der Waals surface area (Å²) >= 11 is 1.51. The van der Waals surface area contributed by atoms with Crippen LogP contribution >= 0.6 is 11.3 Å². The van der Waals surface area contributed by atoms with Gasteiger partial charge in [-0.25, -0.2) is 4.85 Å². The molecule has 0 aliphatic heterocycles. The Hall–Kier alpha value is -2.36. The van der Waals surface area contributed by atoms with Gasteiger partial charge in [-0.2, -0.15) is 0 Å². The van der Waals surface area contributed by atoms with Gasteiger partial charge in [-0.1, -0.05) is 0 Å². The summed E-state index contributed by atoms with van der Waals surface area (Å²) in [5.41, 5.74) is 0.0645. The van der Waals surface area contributed by atoms with E-state index in [-0.39, 0.29) is 11.6 Å². The predicted octanol–water partition coefficient (Wildman–Crippen LogP) is 2.93. The molecule has 2 rings (SSSR count). The summed E-state index contributed by atoms with van der Waals surface area (Å²) in [4.78, 5) is 16.1. The normalized spacial score (nSPS) is 11.2. The number of methoxy groups -OCH3 is 2. The summed E-state index contributed by atoms with van der Waals surface area (Å²) in [6.45, 7) is 7.96. The van der Waals surface area contributed by atoms with Gasteiger partial charge in [0.25, 0.3) is 5.70 Å². The maximum atomic E-state index is 11.9. The minimum atomic E-state index is -0.387. The fourth-order valence-corrected chi connectivity index (χ4v) is 2.90. The van der Waals surface area contributed by atoms with Gasteiger partial charge in [0.1, 0.15) is 5.75 Å². The minimum Gasteiger partial charge on any atom is -0.497 e. The van der Waals surface area contributed by atoms with E-state index < -0.39 is 0 Å². The maximum absolute atomic E-state index is 11.9. The van der Waals surface area contributed by atoms with Crippen molar-refractivity contribution >= 4 is 33.4 Å². The number of nitrogens with one attached hydrogen (secondary N) is 1. The van der Waals surface area contributed by atoms with Crippen LogP contribution in [0.3, 0.4) is 0 Å². The molecule has 0 aliphatic rings. The Morgan fingerprint density at radius 1 is 1.41 bits per heavy atom. The molecule has 0 saturated heterocycles. The van der Waals surface area contributed by atoms with Crippen molar-refractivity contribution < 1.29 is 14.3 Å². The number of benzene rings is 1. The van der Waals surface area contributed by atoms with Crippen molar-refractivity contribution in [1.29, 1.82) is 0 Å². The van der Waals surface area contributed by atoms with E-state index in [0.717, 1.165) is 20.7 Å². The SMILES string of the molecule is [C-]#[N+]/C(=C\c1cc2ccc(OC)cc2s1)C(=O)NCCOC. The molecule has 0 bridgehead atoms. The summed E-state index contributed by atoms with van der Waals surface area (Å²) in [5.74, 6) is 0.398. The standard InChI is InChI=1S/C16H16N2O3S/c1-17-14(16(19)18-6-7-20-2)10-13-8-11-4-5-12(21-3)9-15(11)22-13/h4-5,8-10H,6-7H2,2-3H3,(H,18,19)/b14-10-. The van der Waals surface area contributed by atoms with Crippen molar-refractivity contribution in [2.75, 3.05) is 27.4 Å². The molecule has 5 nitrogen and oxygen atoms in total. The smallest absolute Gasteiger partial charge is 0.251 e. The second-order valence-corrected chi connectivity index (χ2v) is 5.56. The van der Waals surface area contributed by atoms with E-state index in [4.69, 9.17) is 16.0 Å². The number of amides is 1. The summed E-state index contributed by atoms with van der Waals surface area (Å²) in [6.07, 6.45) is 1.60. The monoisotopic (exact) mass is 316 g/mol. The first-order chi connectivity index (χ1) is 10.7. The van der Waals surface area contributed by atoms with Gasteiger partial charge in [0.2, 0.25) is 5.91 Å². The molecule has 1 amide bonds. The summed E-state index contributed by atoms with van der Waals surface area (Å²) in [5, 5.41) is 3.70. The first kappa shape index (κ1) is 16.0. The Morgan fingerprint density at radius 2 is 2.23 bits per heavy atom. The highest BCUT2D eigenvalue weighted by molar-refractivity contribution is 7.19. The second kappa shape index (κ2) is 7.59. The van der Waals surface area contributed by atoms with Crippen LogP contribution < -0.4 is 10.1 Å². The molecule has 0 aliphatic carbocycles. The van der Waals surface area contributed by atoms with Crippen molar-refractivity contribution in [3.63, 3.8) is 0 Å². The number of rotatable bonds is 6. The first-order valence-corrected chi connectivity index (χ1v) is 7.43. The summed E-state index contributed by atoms with van der Waals surface area (Å²) < 4.78 is 11.1. The van der Waals surface area contributed by atoms with Gasteiger partial charge in [-0.3, -0.25) is 4.79 Å². The topological polar surface area (TPSA) is 51.9 Å². The zero-order chi connectivity index (χ0) is 15.9. The number of nitrogens with zero attached hydrogens (tertiary/aromatic N) is 1. The molecule has 22 heavy (non-hydrogen) atoms. The highest BCUT2D eigenvalue weighted by Crippen LogP contribution is 2.30. The van der Waals surface area contributed by atoms with E-state index in [1.165, 1.54) is 11.3 Å². The van der Waals surface area contributed by atoms with E-state index in [1.807, 2.05) is 24.3 Å². The molecule has 0 atom stereocenters. The molecule has 1 aromatic carbocycles. The first-order valence-electron chi connectivity index (χ1n) is 6.62. The van der Waals surface area contributed by atoms with Crippen molar-refractivity contribution in [2.24, 2.45) is 0 Å². The number of ether oxygens (including phenoxy) is 2. The molecular formula is C16H16N2O3S. The van der Waals surface area contributed by atoms with Crippen LogP contribution in [-0.2, 0) is 9.53 Å². The highest BCUT2D eigenvalue weighted by Gasteiger charge is 2.10. The molecule has 0 spiro atoms. The van der Waals surface area contributed by atoms with Gasteiger partial charge >= 0.3 is 0 Å². The Balaban J connectivity index is 2.22. The van der Waals surface area contributed by atoms with Crippen molar-refractivity contribution in [1.82, 2.24) is 5.32 Å². The lowest BCUT2D eigenvalue weighted by Gasteiger charge is -2.02. The van der Waals surface area contributed by atoms with Crippen molar-refractivity contribution in [3.05, 3.63) is 46.3 Å². The lowest BCUT2D eigenvalue weighted by molar-refractivity contribution is -0.117. The van der Waals surface area contributed by atoms with Crippen molar-refractivity contribution in [2.45, 2.75) is 0 Å². The molecule has 6 heteroatoms. The number of thiophene rings is 1. The Bertz CT molecular complexity index is 743. The molecule has 2 aromatic rings. The van der Waals surface area contributed by atoms with E-state index in [2.05, 4.69) is 10.2 Å². The van der Waals surface area contributed by atoms with Gasteiger partial charge < -0.3 is 14.8 Å². The highest BCUT2D eigenvalue weighted by atomic mass is 32.1. The molecule has 0 fully saturated rings. The number of carbonyl (C=O) groups is 1. The number of hydrogen-bond donors (Lipinski definition) is 1. The molecular weight excluding hydrogens is 300 g/mol. The lowest BCUT2D eigenvalue weighted by atomic mass is 10.2. The molecule has 114 valence electrons. The minimum absolute atomic E-state index is 0.0645. The number of hydrogen-bond acceptors (Lipinski definition) is 4. The third kappa shape index (κ3) is 3.85. The van der Waals surface area contributed by atoms with E-state index >= 15 is 0 Å². The van der Waals surface area contributed by atoms with Gasteiger partial charge in [0.15, 0.2) is 0 Å². The van der Waals surface area contributed by atoms with Crippen LogP contribution in [0.2, 0.25) is 0 Å². The van der Waals surface area contributed by atoms with Crippen LogP contribution in [0, 0.1) is 6.57 Å². The average Bonchev–Trinajstić information content (AvgIpc) is 2.93. The van der Waals surface area contributed by atoms with Crippen LogP contribution in [-0.4, -0.2) is 33.3 Å². The zero-order valence-corrected chi connectivity index (χ0v) is 13.2. The van der Waals surface area contributed by atoms with Crippen LogP contribution in [0.4, 0.5) is 0 Å². The Labute approximate surface area is 133 Å². The van der Waals surface area contributed by atoms with E-state index in [9.17, 15) is 4.79 Å². The zero-order valence-electron chi connectivity index (χ0n) is 12.4. The average molecular weight is 316 g/mol. The third-order valence-corrected chi connectivity index (χ3v) is 4.01. The van der Waals surface area contributed by atoms with Crippen LogP contribution in [0.15, 0.2) is 30.0 Å². The van der Waals surface area contributed by atoms with Gasteiger partial charge in [-0.15, -0.1) is 11.3 Å². The van der Waals surface area contributed by atoms with Crippen LogP contribution in [0.1, 0.15) is 4.88 Å². The largest absolute Gasteiger partial charge is 0.497 e. The molecule has 0 radical (unpaired) electrons. The van der Waals surface area contributed by atoms with Gasteiger partial charge in [0, 0.05) is 23.2 Å². The second-order valence-electron chi connectivity index (χ2n) is 4.44. The fourth-order valence-electron chi connectivity index (χ4n) is 1.87. The summed E-state index contributed by atoms with van der Waals surface area (Å²) in [6, 6.07) is 7.73. The Morgan fingerprint density at radius 3 is 2.91 bits per heavy atom. The molecule has 1 aromatic heterocycles. The van der Waals surface area contributed by atoms with Crippen LogP contribution in [0.5, 0.6) is 5.75 Å². The van der Waals surface area contributed by atoms with E-state index in [1.54, 1.807) is 20.3 Å². The summed E-state index contributed by atoms with van der Waals surface area (Å²) in [7, 11) is 3.18. The maximum Gasteiger partial charge on any atom is 0.251 e. The quantitative estimate of drug-likeness (QED) is 0.506. The molecule has 1 N–H and O–H groups in total. The Kier molecular flexibility index (Phi) is 5.53. The number of fused-ring (bicyclic) bond motifs is 1. The van der Waals surface area contributed by atoms with Crippen molar-refractivity contribution in [3.8, 4) is 5.75 Å². The predicted molar refractivity (Wildman–Crippen MR) is 87.8 cm³/mol.